The van der Waals surface area contributed by atoms with Gasteiger partial charge in [-0.05, 0) is 32.1 Å². The van der Waals surface area contributed by atoms with Gasteiger partial charge < -0.3 is 5.32 Å². The molecule has 0 bridgehead atoms. The lowest BCUT2D eigenvalue weighted by molar-refractivity contribution is 0.248. The molecule has 1 aliphatic heterocycles. The Kier molecular flexibility index (Phi) is 2.64. The van der Waals surface area contributed by atoms with E-state index in [9.17, 15) is 0 Å². The Hall–Kier alpha value is 0.310. The fraction of sp³-hybridized carbons (Fsp3) is 1.00. The molecule has 0 radical (unpaired) electrons. The van der Waals surface area contributed by atoms with Gasteiger partial charge >= 0.3 is 0 Å². The molecule has 1 heterocycles. The van der Waals surface area contributed by atoms with Crippen LogP contribution in [0.15, 0.2) is 0 Å². The molecule has 2 aliphatic rings. The minimum Gasteiger partial charge on any atom is -0.309 e. The Bertz CT molecular complexity index is 222. The summed E-state index contributed by atoms with van der Waals surface area (Å²) in [5.74, 6) is 1.31. The molecule has 2 fully saturated rings. The van der Waals surface area contributed by atoms with E-state index in [0.29, 0.717) is 10.2 Å². The van der Waals surface area contributed by atoms with Crippen molar-refractivity contribution in [2.24, 2.45) is 5.41 Å². The summed E-state index contributed by atoms with van der Waals surface area (Å²) in [6.45, 7) is 9.55. The summed E-state index contributed by atoms with van der Waals surface area (Å²) in [4.78, 5) is 0. The van der Waals surface area contributed by atoms with Crippen molar-refractivity contribution >= 4 is 11.8 Å². The maximum atomic E-state index is 3.88. The lowest BCUT2D eigenvalue weighted by Gasteiger charge is -2.47. The van der Waals surface area contributed by atoms with Gasteiger partial charge in [0.1, 0.15) is 0 Å². The first-order chi connectivity index (χ1) is 6.42. The summed E-state index contributed by atoms with van der Waals surface area (Å²) >= 11 is 2.09. The summed E-state index contributed by atoms with van der Waals surface area (Å²) in [6, 6.07) is 1.50. The number of hydrogen-bond acceptors (Lipinski definition) is 2. The average Bonchev–Trinajstić information content (AvgIpc) is 2.39. The second kappa shape index (κ2) is 3.41. The van der Waals surface area contributed by atoms with Gasteiger partial charge in [0, 0.05) is 22.6 Å². The van der Waals surface area contributed by atoms with Crippen LogP contribution in [0.2, 0.25) is 0 Å². The standard InChI is InChI=1S/C12H23NS/c1-11(2)7-5-6-9(11)13-10-8-14-12(10,3)4/h9-10,13H,5-8H2,1-4H3. The molecule has 0 aromatic carbocycles. The zero-order chi connectivity index (χ0) is 10.4. The van der Waals surface area contributed by atoms with Crippen LogP contribution in [-0.2, 0) is 0 Å². The van der Waals surface area contributed by atoms with E-state index in [2.05, 4.69) is 44.8 Å². The zero-order valence-electron chi connectivity index (χ0n) is 9.89. The Balaban J connectivity index is 1.92. The normalized spacial score (nSPS) is 39.4. The molecule has 2 heteroatoms. The molecular formula is C12H23NS. The highest BCUT2D eigenvalue weighted by molar-refractivity contribution is 8.02. The molecule has 2 atom stereocenters. The van der Waals surface area contributed by atoms with E-state index in [1.54, 1.807) is 0 Å². The van der Waals surface area contributed by atoms with Crippen molar-refractivity contribution in [1.29, 1.82) is 0 Å². The highest BCUT2D eigenvalue weighted by Gasteiger charge is 2.43. The molecule has 2 unspecified atom stereocenters. The van der Waals surface area contributed by atoms with Crippen LogP contribution in [0.4, 0.5) is 0 Å². The third-order valence-electron chi connectivity index (χ3n) is 4.12. The van der Waals surface area contributed by atoms with Crippen LogP contribution in [-0.4, -0.2) is 22.6 Å². The van der Waals surface area contributed by atoms with Crippen molar-refractivity contribution < 1.29 is 0 Å². The lowest BCUT2D eigenvalue weighted by atomic mass is 9.86. The second-order valence-corrected chi connectivity index (χ2v) is 7.74. The fourth-order valence-electron chi connectivity index (χ4n) is 2.63. The molecular weight excluding hydrogens is 190 g/mol. The van der Waals surface area contributed by atoms with Gasteiger partial charge in [0.25, 0.3) is 0 Å². The van der Waals surface area contributed by atoms with Gasteiger partial charge in [0.2, 0.25) is 0 Å². The van der Waals surface area contributed by atoms with E-state index in [0.717, 1.165) is 12.1 Å². The van der Waals surface area contributed by atoms with Crippen molar-refractivity contribution in [2.45, 2.75) is 63.8 Å². The van der Waals surface area contributed by atoms with E-state index in [1.807, 2.05) is 0 Å². The van der Waals surface area contributed by atoms with Crippen LogP contribution >= 0.6 is 11.8 Å². The topological polar surface area (TPSA) is 12.0 Å². The van der Waals surface area contributed by atoms with Crippen molar-refractivity contribution in [2.75, 3.05) is 5.75 Å². The summed E-state index contributed by atoms with van der Waals surface area (Å²) in [6.07, 6.45) is 4.18. The van der Waals surface area contributed by atoms with Gasteiger partial charge in [0.05, 0.1) is 0 Å². The molecule has 1 nitrogen and oxygen atoms in total. The van der Waals surface area contributed by atoms with Gasteiger partial charge in [-0.2, -0.15) is 11.8 Å². The van der Waals surface area contributed by atoms with Gasteiger partial charge in [0.15, 0.2) is 0 Å². The molecule has 2 rings (SSSR count). The molecule has 0 spiro atoms. The zero-order valence-corrected chi connectivity index (χ0v) is 10.7. The Morgan fingerprint density at radius 3 is 2.21 bits per heavy atom. The summed E-state index contributed by atoms with van der Waals surface area (Å²) in [7, 11) is 0. The van der Waals surface area contributed by atoms with E-state index in [4.69, 9.17) is 0 Å². The molecule has 0 aromatic heterocycles. The molecule has 1 saturated heterocycles. The molecule has 1 aliphatic carbocycles. The maximum Gasteiger partial charge on any atom is 0.0303 e. The number of thioether (sulfide) groups is 1. The van der Waals surface area contributed by atoms with Gasteiger partial charge in [-0.25, -0.2) is 0 Å². The monoisotopic (exact) mass is 213 g/mol. The minimum atomic E-state index is 0.471. The van der Waals surface area contributed by atoms with Crippen molar-refractivity contribution in [3.05, 3.63) is 0 Å². The average molecular weight is 213 g/mol. The van der Waals surface area contributed by atoms with Crippen LogP contribution in [0.1, 0.15) is 47.0 Å². The predicted molar refractivity (Wildman–Crippen MR) is 64.9 cm³/mol. The van der Waals surface area contributed by atoms with E-state index < -0.39 is 0 Å². The smallest absolute Gasteiger partial charge is 0.0303 e. The SMILES string of the molecule is CC1(C)CCCC1NC1CSC1(C)C. The summed E-state index contributed by atoms with van der Waals surface area (Å²) in [5.41, 5.74) is 0.524. The van der Waals surface area contributed by atoms with Crippen LogP contribution in [0.3, 0.4) is 0 Å². The summed E-state index contributed by atoms with van der Waals surface area (Å²) in [5, 5.41) is 3.88. The minimum absolute atomic E-state index is 0.471. The first-order valence-corrected chi connectivity index (χ1v) is 6.80. The van der Waals surface area contributed by atoms with Crippen molar-refractivity contribution in [3.63, 3.8) is 0 Å². The molecule has 1 N–H and O–H groups in total. The van der Waals surface area contributed by atoms with Crippen molar-refractivity contribution in [3.8, 4) is 0 Å². The number of rotatable bonds is 2. The van der Waals surface area contributed by atoms with E-state index in [-0.39, 0.29) is 0 Å². The van der Waals surface area contributed by atoms with Crippen molar-refractivity contribution in [1.82, 2.24) is 5.32 Å². The van der Waals surface area contributed by atoms with Gasteiger partial charge in [-0.15, -0.1) is 0 Å². The Labute approximate surface area is 92.4 Å². The molecule has 14 heavy (non-hydrogen) atoms. The number of nitrogens with one attached hydrogen (secondary N) is 1. The Morgan fingerprint density at radius 1 is 1.14 bits per heavy atom. The lowest BCUT2D eigenvalue weighted by Crippen LogP contribution is -2.59. The first-order valence-electron chi connectivity index (χ1n) is 5.82. The molecule has 82 valence electrons. The summed E-state index contributed by atoms with van der Waals surface area (Å²) < 4.78 is 0.471. The fourth-order valence-corrected chi connectivity index (χ4v) is 3.79. The highest BCUT2D eigenvalue weighted by atomic mass is 32.2. The van der Waals surface area contributed by atoms with Crippen LogP contribution < -0.4 is 5.32 Å². The van der Waals surface area contributed by atoms with Crippen LogP contribution in [0, 0.1) is 5.41 Å². The highest BCUT2D eigenvalue weighted by Crippen LogP contribution is 2.43. The first kappa shape index (κ1) is 10.8. The molecule has 0 amide bonds. The van der Waals surface area contributed by atoms with E-state index in [1.165, 1.54) is 25.0 Å². The molecule has 1 saturated carbocycles. The Morgan fingerprint density at radius 2 is 1.86 bits per heavy atom. The third kappa shape index (κ3) is 1.83. The number of hydrogen-bond donors (Lipinski definition) is 1. The second-order valence-electron chi connectivity index (χ2n) is 6.07. The van der Waals surface area contributed by atoms with Crippen LogP contribution in [0.25, 0.3) is 0 Å². The maximum absolute atomic E-state index is 3.88. The van der Waals surface area contributed by atoms with E-state index >= 15 is 0 Å². The quantitative estimate of drug-likeness (QED) is 0.756. The van der Waals surface area contributed by atoms with Gasteiger partial charge in [-0.3, -0.25) is 0 Å². The van der Waals surface area contributed by atoms with Gasteiger partial charge in [-0.1, -0.05) is 20.3 Å². The van der Waals surface area contributed by atoms with Crippen LogP contribution in [0.5, 0.6) is 0 Å². The molecule has 0 aromatic rings. The third-order valence-corrected chi connectivity index (χ3v) is 5.65. The largest absolute Gasteiger partial charge is 0.309 e. The predicted octanol–water partition coefficient (Wildman–Crippen LogP) is 3.05.